The predicted octanol–water partition coefficient (Wildman–Crippen LogP) is 16.5. The van der Waals surface area contributed by atoms with Gasteiger partial charge < -0.3 is 0 Å². The summed E-state index contributed by atoms with van der Waals surface area (Å²) in [6.45, 7) is 0. The third kappa shape index (κ3) is 0.904. The van der Waals surface area contributed by atoms with Crippen molar-refractivity contribution in [3.05, 3.63) is 0 Å². The van der Waals surface area contributed by atoms with Crippen LogP contribution in [0.15, 0.2) is 0 Å². The molecule has 0 fully saturated rings. The molecule has 30 rings (SSSR count). The van der Waals surface area contributed by atoms with E-state index in [1.54, 1.807) is 302 Å². The minimum absolute atomic E-state index is 1.67. The van der Waals surface area contributed by atoms with E-state index in [0.29, 0.717) is 0 Å². The fourth-order valence-corrected chi connectivity index (χ4v) is 21.0. The molecule has 0 heterocycles. The van der Waals surface area contributed by atoms with Gasteiger partial charge in [0.2, 0.25) is 0 Å². The average Bonchev–Trinajstić information content (AvgIpc) is 4.04. The van der Waals surface area contributed by atoms with Crippen LogP contribution in [0.25, 0.3) is 302 Å². The van der Waals surface area contributed by atoms with Crippen LogP contribution in [0.2, 0.25) is 0 Å². The van der Waals surface area contributed by atoms with Crippen molar-refractivity contribution in [1.82, 2.24) is 0 Å². The molecule has 30 aromatic carbocycles. The van der Waals surface area contributed by atoms with Crippen LogP contribution in [0.5, 0.6) is 0 Å². The van der Waals surface area contributed by atoms with Gasteiger partial charge in [-0.3, -0.25) is 0 Å². The summed E-state index contributed by atoms with van der Waals surface area (Å²) in [4.78, 5) is 0. The van der Waals surface area contributed by atoms with Crippen molar-refractivity contribution in [3.63, 3.8) is 0 Å². The summed E-state index contributed by atoms with van der Waals surface area (Å²) >= 11 is 0. The molecule has 56 heavy (non-hydrogen) atoms. The SMILES string of the molecule is c12c3c4c5c1c1c6c7c8c9c6c2c2c6c9c9c%10c%11c%12c%13c%14c%15c%12c9c6c6c%15c9c%14c%12c%14c%15c%16c%12c%12c9c(c4c%12c4c5c5c1c7c1c(c%11c(c%14%13)c%15c1c5c%164)c8%10)c6c32. The van der Waals surface area contributed by atoms with Crippen LogP contribution >= 0.6 is 0 Å². The maximum Gasteiger partial charge on any atom is 0 e. The highest BCUT2D eigenvalue weighted by molar-refractivity contribution is 6.85. The van der Waals surface area contributed by atoms with Gasteiger partial charge in [-0.25, -0.2) is 0 Å². The Morgan fingerprint density at radius 3 is 0.0714 bits per heavy atom. The minimum atomic E-state index is 1.67. The van der Waals surface area contributed by atoms with E-state index in [-0.39, 0.29) is 0 Å². The van der Waals surface area contributed by atoms with Crippen molar-refractivity contribution in [2.45, 2.75) is 0 Å². The van der Waals surface area contributed by atoms with Gasteiger partial charge in [0.1, 0.15) is 0 Å². The highest BCUT2D eigenvalue weighted by Crippen LogP contribution is 2.80. The van der Waals surface area contributed by atoms with Gasteiger partial charge in [-0.2, -0.15) is 0 Å². The second-order valence-electron chi connectivity index (χ2n) is 21.0. The summed E-state index contributed by atoms with van der Waals surface area (Å²) in [5.41, 5.74) is 0. The molecule has 0 radical (unpaired) electrons. The van der Waals surface area contributed by atoms with Gasteiger partial charge >= 0.3 is 0 Å². The van der Waals surface area contributed by atoms with Gasteiger partial charge in [0, 0.05) is 302 Å². The summed E-state index contributed by atoms with van der Waals surface area (Å²) < 4.78 is 0. The first-order valence-corrected chi connectivity index (χ1v) is 21.0. The molecule has 0 unspecified atom stereocenters. The van der Waals surface area contributed by atoms with Crippen molar-refractivity contribution in [1.29, 1.82) is 0 Å². The Morgan fingerprint density at radius 1 is 0.0357 bits per heavy atom. The summed E-state index contributed by atoms with van der Waals surface area (Å²) in [5, 5.41) is 93.3. The van der Waals surface area contributed by atoms with Crippen molar-refractivity contribution in [2.24, 2.45) is 0 Å². The Hall–Kier alpha value is -7.28. The first-order chi connectivity index (χ1) is 28.0. The van der Waals surface area contributed by atoms with Gasteiger partial charge in [-0.15, -0.1) is 0 Å². The maximum absolute atomic E-state index is 1.67. The smallest absolute Gasteiger partial charge is 0 e. The largest absolute Gasteiger partial charge is 0 e. The molecular weight excluding hydrogens is 673 g/mol. The molecule has 224 valence electrons. The molecule has 0 nitrogen and oxygen atoms in total. The van der Waals surface area contributed by atoms with Crippen LogP contribution in [-0.4, -0.2) is 0 Å². The zero-order chi connectivity index (χ0) is 32.3. The normalized spacial score (nSPS) is 18.0. The van der Waals surface area contributed by atoms with Crippen LogP contribution in [0.4, 0.5) is 0 Å². The van der Waals surface area contributed by atoms with Crippen LogP contribution in [0, 0.1) is 0 Å². The molecule has 0 saturated carbocycles. The highest BCUT2D eigenvalue weighted by atomic mass is 14.5. The molecule has 0 saturated heterocycles. The third-order valence-electron chi connectivity index (χ3n) is 21.0. The third-order valence-corrected chi connectivity index (χ3v) is 21.0. The van der Waals surface area contributed by atoms with E-state index in [9.17, 15) is 0 Å². The second kappa shape index (κ2) is 4.03. The monoisotopic (exact) mass is 672 g/mol. The number of hydrogen-bond donors (Lipinski definition) is 0. The molecular formula is C56. The summed E-state index contributed by atoms with van der Waals surface area (Å²) in [7, 11) is 0. The molecule has 0 atom stereocenters. The van der Waals surface area contributed by atoms with Crippen LogP contribution in [0.3, 0.4) is 0 Å². The van der Waals surface area contributed by atoms with Gasteiger partial charge in [0.25, 0.3) is 0 Å². The van der Waals surface area contributed by atoms with Gasteiger partial charge in [0.15, 0.2) is 0 Å². The van der Waals surface area contributed by atoms with Crippen LogP contribution in [0.1, 0.15) is 0 Å². The van der Waals surface area contributed by atoms with Crippen molar-refractivity contribution >= 4 is 302 Å². The quantitative estimate of drug-likeness (QED) is 0.111. The molecule has 0 aliphatic carbocycles. The Balaban J connectivity index is 1.40. The van der Waals surface area contributed by atoms with Crippen molar-refractivity contribution in [2.75, 3.05) is 0 Å². The van der Waals surface area contributed by atoms with E-state index in [4.69, 9.17) is 0 Å². The maximum atomic E-state index is 1.67. The van der Waals surface area contributed by atoms with E-state index in [0.717, 1.165) is 0 Å². The lowest BCUT2D eigenvalue weighted by Crippen LogP contribution is -1.92. The van der Waals surface area contributed by atoms with E-state index < -0.39 is 0 Å². The Labute approximate surface area is 300 Å². The van der Waals surface area contributed by atoms with Crippen LogP contribution < -0.4 is 0 Å². The average molecular weight is 673 g/mol. The molecule has 30 aromatic rings. The van der Waals surface area contributed by atoms with Crippen LogP contribution in [-0.2, 0) is 0 Å². The lowest BCUT2D eigenvalue weighted by atomic mass is 9.80. The first-order valence-electron chi connectivity index (χ1n) is 21.0. The fraction of sp³-hybridized carbons (Fsp3) is 0. The second-order valence-corrected chi connectivity index (χ2v) is 21.0. The topological polar surface area (TPSA) is 0 Å². The lowest BCUT2D eigenvalue weighted by molar-refractivity contribution is 2.13. The lowest BCUT2D eigenvalue weighted by Gasteiger charge is -2.21. The molecule has 0 aromatic heterocycles. The molecule has 0 bridgehead atoms. The van der Waals surface area contributed by atoms with Gasteiger partial charge in [-0.05, 0) is 0 Å². The molecule has 0 aliphatic heterocycles. The molecule has 0 spiro atoms. The van der Waals surface area contributed by atoms with Gasteiger partial charge in [-0.1, -0.05) is 0 Å². The Bertz CT molecular complexity index is 5800. The minimum Gasteiger partial charge on any atom is 0 e. The Morgan fingerprint density at radius 2 is 0.0536 bits per heavy atom. The number of benzene rings is 18. The standard InChI is InChI=1S/C56/c1-5-17-22-6-2-10-26-18(6)21(5)29-13(1)37-38-14-3-7-20-24-8-4-12-27-19(8)23(7)31(14)50-41(37)33-9(1)25(17)45-51-30(22)15(2)39-40(43(51)35(12)54(45)53(33)47(27)50)16(4)32(24)52-44(39)36(10)56-48(52)28(20)11(3)34-42(38)49(29)46(26)55(34)56. The summed E-state index contributed by atoms with van der Waals surface area (Å²) in [6, 6.07) is 0. The van der Waals surface area contributed by atoms with Gasteiger partial charge in [0.05, 0.1) is 0 Å². The Kier molecular flexibility index (Phi) is 1.36. The highest BCUT2D eigenvalue weighted by Gasteiger charge is 2.50. The molecule has 0 N–H and O–H groups in total. The van der Waals surface area contributed by atoms with E-state index in [1.807, 2.05) is 0 Å². The van der Waals surface area contributed by atoms with E-state index in [2.05, 4.69) is 0 Å². The number of rotatable bonds is 0. The summed E-state index contributed by atoms with van der Waals surface area (Å²) in [6.07, 6.45) is 0. The van der Waals surface area contributed by atoms with E-state index >= 15 is 0 Å². The predicted molar refractivity (Wildman–Crippen MR) is 243 cm³/mol. The summed E-state index contributed by atoms with van der Waals surface area (Å²) in [5.74, 6) is 0. The van der Waals surface area contributed by atoms with Crippen molar-refractivity contribution < 1.29 is 0 Å². The van der Waals surface area contributed by atoms with E-state index in [1.165, 1.54) is 0 Å². The first kappa shape index (κ1) is 18.8. The molecule has 0 aliphatic rings. The molecule has 0 amide bonds. The molecule has 0 heteroatoms. The number of hydrogen-bond acceptors (Lipinski definition) is 0. The fourth-order valence-electron chi connectivity index (χ4n) is 21.0. The zero-order valence-corrected chi connectivity index (χ0v) is 28.0. The van der Waals surface area contributed by atoms with Crippen molar-refractivity contribution in [3.8, 4) is 0 Å². The zero-order valence-electron chi connectivity index (χ0n) is 28.0.